The molecule has 1 rings (SSSR count). The monoisotopic (exact) mass is 249 g/mol. The van der Waals surface area contributed by atoms with Crippen LogP contribution in [0.15, 0.2) is 12.1 Å². The zero-order chi connectivity index (χ0) is 13.7. The molecule has 0 heterocycles. The summed E-state index contributed by atoms with van der Waals surface area (Å²) in [5, 5.41) is 3.47. The average molecular weight is 249 g/mol. The predicted molar refractivity (Wildman–Crippen MR) is 78.6 cm³/mol. The van der Waals surface area contributed by atoms with Gasteiger partial charge in [0.15, 0.2) is 0 Å². The van der Waals surface area contributed by atoms with E-state index in [1.165, 1.54) is 16.7 Å². The Morgan fingerprint density at radius 1 is 1.17 bits per heavy atom. The van der Waals surface area contributed by atoms with Crippen LogP contribution in [0.1, 0.15) is 49.8 Å². The van der Waals surface area contributed by atoms with Gasteiger partial charge < -0.3 is 10.1 Å². The van der Waals surface area contributed by atoms with E-state index in [1.807, 2.05) is 0 Å². The second-order valence-electron chi connectivity index (χ2n) is 5.50. The molecule has 0 bridgehead atoms. The maximum Gasteiger partial charge on any atom is 0.122 e. The molecule has 1 aromatic rings. The molecule has 1 unspecified atom stereocenters. The first kappa shape index (κ1) is 15.0. The van der Waals surface area contributed by atoms with Crippen molar-refractivity contribution in [2.24, 2.45) is 0 Å². The number of methoxy groups -OCH3 is 1. The second-order valence-corrected chi connectivity index (χ2v) is 5.50. The van der Waals surface area contributed by atoms with Gasteiger partial charge in [0, 0.05) is 6.04 Å². The largest absolute Gasteiger partial charge is 0.496 e. The van der Waals surface area contributed by atoms with Gasteiger partial charge in [-0.05, 0) is 55.5 Å². The van der Waals surface area contributed by atoms with Crippen LogP contribution in [-0.2, 0) is 0 Å². The fourth-order valence-electron chi connectivity index (χ4n) is 2.47. The van der Waals surface area contributed by atoms with Crippen molar-refractivity contribution in [1.82, 2.24) is 5.32 Å². The molecule has 0 saturated carbocycles. The summed E-state index contributed by atoms with van der Waals surface area (Å²) < 4.78 is 5.54. The van der Waals surface area contributed by atoms with Gasteiger partial charge in [0.05, 0.1) is 7.11 Å². The molecule has 2 nitrogen and oxygen atoms in total. The minimum absolute atomic E-state index is 0.520. The summed E-state index contributed by atoms with van der Waals surface area (Å²) in [7, 11) is 1.76. The Morgan fingerprint density at radius 3 is 2.39 bits per heavy atom. The van der Waals surface area contributed by atoms with E-state index in [2.05, 4.69) is 52.1 Å². The molecule has 102 valence electrons. The highest BCUT2D eigenvalue weighted by molar-refractivity contribution is 5.45. The Balaban J connectivity index is 2.81. The molecule has 1 atom stereocenters. The summed E-state index contributed by atoms with van der Waals surface area (Å²) in [5.41, 5.74) is 3.96. The van der Waals surface area contributed by atoms with Gasteiger partial charge >= 0.3 is 0 Å². The van der Waals surface area contributed by atoms with Gasteiger partial charge in [-0.1, -0.05) is 26.8 Å². The Labute approximate surface area is 112 Å². The second kappa shape index (κ2) is 6.79. The quantitative estimate of drug-likeness (QED) is 0.828. The van der Waals surface area contributed by atoms with E-state index in [1.54, 1.807) is 7.11 Å². The Bertz CT molecular complexity index is 385. The number of nitrogens with one attached hydrogen (secondary N) is 1. The third-order valence-electron chi connectivity index (χ3n) is 3.34. The molecule has 0 amide bonds. The van der Waals surface area contributed by atoms with Crippen LogP contribution in [0.2, 0.25) is 0 Å². The molecule has 18 heavy (non-hydrogen) atoms. The van der Waals surface area contributed by atoms with Crippen LogP contribution in [0.5, 0.6) is 5.75 Å². The van der Waals surface area contributed by atoms with E-state index in [0.717, 1.165) is 18.7 Å². The molecule has 1 aromatic carbocycles. The SMILES string of the molecule is COc1cc(C)cc(C)c1C(C)CCNC(C)C. The van der Waals surface area contributed by atoms with Crippen LogP contribution < -0.4 is 10.1 Å². The standard InChI is InChI=1S/C16H27NO/c1-11(2)17-8-7-13(4)16-14(5)9-12(3)10-15(16)18-6/h9-11,13,17H,7-8H2,1-6H3. The zero-order valence-corrected chi connectivity index (χ0v) is 12.6. The third-order valence-corrected chi connectivity index (χ3v) is 3.34. The molecule has 0 radical (unpaired) electrons. The lowest BCUT2D eigenvalue weighted by molar-refractivity contribution is 0.403. The van der Waals surface area contributed by atoms with Gasteiger partial charge in [0.25, 0.3) is 0 Å². The highest BCUT2D eigenvalue weighted by Gasteiger charge is 2.14. The van der Waals surface area contributed by atoms with E-state index in [-0.39, 0.29) is 0 Å². The molecule has 0 spiro atoms. The summed E-state index contributed by atoms with van der Waals surface area (Å²) >= 11 is 0. The maximum atomic E-state index is 5.54. The van der Waals surface area contributed by atoms with Crippen molar-refractivity contribution in [3.63, 3.8) is 0 Å². The minimum atomic E-state index is 0.520. The van der Waals surface area contributed by atoms with Gasteiger partial charge in [0.2, 0.25) is 0 Å². The van der Waals surface area contributed by atoms with E-state index in [9.17, 15) is 0 Å². The van der Waals surface area contributed by atoms with Crippen LogP contribution in [0.4, 0.5) is 0 Å². The molecule has 0 aliphatic heterocycles. The van der Waals surface area contributed by atoms with Crippen LogP contribution >= 0.6 is 0 Å². The molecule has 0 aliphatic rings. The van der Waals surface area contributed by atoms with Crippen LogP contribution in [0.25, 0.3) is 0 Å². The zero-order valence-electron chi connectivity index (χ0n) is 12.6. The first-order valence-electron chi connectivity index (χ1n) is 6.84. The van der Waals surface area contributed by atoms with Gasteiger partial charge in [-0.25, -0.2) is 0 Å². The number of ether oxygens (including phenoxy) is 1. The fourth-order valence-corrected chi connectivity index (χ4v) is 2.47. The molecular formula is C16H27NO. The summed E-state index contributed by atoms with van der Waals surface area (Å²) in [6, 6.07) is 4.93. The average Bonchev–Trinajstić information content (AvgIpc) is 2.26. The topological polar surface area (TPSA) is 21.3 Å². The Hall–Kier alpha value is -1.02. The number of benzene rings is 1. The fraction of sp³-hybridized carbons (Fsp3) is 0.625. The Morgan fingerprint density at radius 2 is 1.83 bits per heavy atom. The number of hydrogen-bond donors (Lipinski definition) is 1. The lowest BCUT2D eigenvalue weighted by atomic mass is 9.91. The molecule has 2 heteroatoms. The first-order valence-corrected chi connectivity index (χ1v) is 6.84. The van der Waals surface area contributed by atoms with Gasteiger partial charge in [0.1, 0.15) is 5.75 Å². The van der Waals surface area contributed by atoms with E-state index in [0.29, 0.717) is 12.0 Å². The third kappa shape index (κ3) is 4.02. The maximum absolute atomic E-state index is 5.54. The smallest absolute Gasteiger partial charge is 0.122 e. The van der Waals surface area contributed by atoms with Crippen molar-refractivity contribution in [1.29, 1.82) is 0 Å². The Kier molecular flexibility index (Phi) is 5.67. The van der Waals surface area contributed by atoms with E-state index >= 15 is 0 Å². The van der Waals surface area contributed by atoms with Gasteiger partial charge in [-0.3, -0.25) is 0 Å². The van der Waals surface area contributed by atoms with Crippen molar-refractivity contribution in [2.75, 3.05) is 13.7 Å². The van der Waals surface area contributed by atoms with E-state index < -0.39 is 0 Å². The molecule has 0 aromatic heterocycles. The summed E-state index contributed by atoms with van der Waals surface area (Å²) in [5.74, 6) is 1.55. The number of rotatable bonds is 6. The van der Waals surface area contributed by atoms with Gasteiger partial charge in [-0.15, -0.1) is 0 Å². The van der Waals surface area contributed by atoms with Crippen molar-refractivity contribution in [3.8, 4) is 5.75 Å². The molecule has 1 N–H and O–H groups in total. The van der Waals surface area contributed by atoms with Crippen LogP contribution in [-0.4, -0.2) is 19.7 Å². The minimum Gasteiger partial charge on any atom is -0.496 e. The normalized spacial score (nSPS) is 12.8. The lowest BCUT2D eigenvalue weighted by Crippen LogP contribution is -2.24. The van der Waals surface area contributed by atoms with Crippen molar-refractivity contribution in [3.05, 3.63) is 28.8 Å². The first-order chi connectivity index (χ1) is 8.45. The highest BCUT2D eigenvalue weighted by atomic mass is 16.5. The van der Waals surface area contributed by atoms with Gasteiger partial charge in [-0.2, -0.15) is 0 Å². The number of hydrogen-bond acceptors (Lipinski definition) is 2. The summed E-state index contributed by atoms with van der Waals surface area (Å²) in [4.78, 5) is 0. The molecular weight excluding hydrogens is 222 g/mol. The molecule has 0 saturated heterocycles. The van der Waals surface area contributed by atoms with E-state index in [4.69, 9.17) is 4.74 Å². The van der Waals surface area contributed by atoms with Crippen LogP contribution in [0, 0.1) is 13.8 Å². The van der Waals surface area contributed by atoms with Crippen LogP contribution in [0.3, 0.4) is 0 Å². The van der Waals surface area contributed by atoms with Crippen molar-refractivity contribution in [2.45, 2.75) is 53.0 Å². The lowest BCUT2D eigenvalue weighted by Gasteiger charge is -2.20. The van der Waals surface area contributed by atoms with Crippen molar-refractivity contribution >= 4 is 0 Å². The molecule has 0 aliphatic carbocycles. The molecule has 0 fully saturated rings. The van der Waals surface area contributed by atoms with Crippen molar-refractivity contribution < 1.29 is 4.74 Å². The summed E-state index contributed by atoms with van der Waals surface area (Å²) in [6.45, 7) is 12.0. The predicted octanol–water partition coefficient (Wildman–Crippen LogP) is 3.80. The highest BCUT2D eigenvalue weighted by Crippen LogP contribution is 2.32. The summed E-state index contributed by atoms with van der Waals surface area (Å²) in [6.07, 6.45) is 1.14. The number of aryl methyl sites for hydroxylation is 2.